The van der Waals surface area contributed by atoms with E-state index < -0.39 is 0 Å². The highest BCUT2D eigenvalue weighted by Crippen LogP contribution is 2.20. The molecule has 2 heterocycles. The van der Waals surface area contributed by atoms with Crippen LogP contribution in [0.2, 0.25) is 0 Å². The molecule has 1 N–H and O–H groups in total. The minimum Gasteiger partial charge on any atom is -0.481 e. The fourth-order valence-electron chi connectivity index (χ4n) is 2.42. The van der Waals surface area contributed by atoms with Crippen molar-refractivity contribution >= 4 is 0 Å². The number of nitrogens with zero attached hydrogens (tertiary/aromatic N) is 3. The monoisotopic (exact) mass is 268 g/mol. The van der Waals surface area contributed by atoms with Gasteiger partial charge in [0.25, 0.3) is 0 Å². The fraction of sp³-hybridized carbons (Fsp3) is 0.769. The predicted molar refractivity (Wildman–Crippen MR) is 73.5 cm³/mol. The zero-order chi connectivity index (χ0) is 13.7. The molecule has 1 aliphatic heterocycles. The van der Waals surface area contributed by atoms with Crippen molar-refractivity contribution in [2.24, 2.45) is 7.05 Å². The van der Waals surface area contributed by atoms with Gasteiger partial charge in [-0.25, -0.2) is 4.68 Å². The average molecular weight is 268 g/mol. The third-order valence-corrected chi connectivity index (χ3v) is 3.49. The normalized spacial score (nSPS) is 16.8. The Hall–Kier alpha value is -1.11. The van der Waals surface area contributed by atoms with Gasteiger partial charge in [0.1, 0.15) is 0 Å². The Bertz CT molecular complexity index is 400. The van der Waals surface area contributed by atoms with Crippen molar-refractivity contribution in [1.29, 1.82) is 0 Å². The van der Waals surface area contributed by atoms with Crippen molar-refractivity contribution in [1.82, 2.24) is 20.0 Å². The van der Waals surface area contributed by atoms with Crippen molar-refractivity contribution in [2.45, 2.75) is 13.5 Å². The fourth-order valence-corrected chi connectivity index (χ4v) is 2.42. The van der Waals surface area contributed by atoms with E-state index in [1.165, 1.54) is 0 Å². The summed E-state index contributed by atoms with van der Waals surface area (Å²) in [4.78, 5) is 2.42. The molecule has 1 aliphatic rings. The molecule has 1 fully saturated rings. The number of methoxy groups -OCH3 is 1. The van der Waals surface area contributed by atoms with Gasteiger partial charge in [0.05, 0.1) is 31.6 Å². The first-order chi connectivity index (χ1) is 9.22. The number of morpholine rings is 1. The molecule has 0 bridgehead atoms. The number of hydrogen-bond donors (Lipinski definition) is 1. The van der Waals surface area contributed by atoms with E-state index >= 15 is 0 Å². The van der Waals surface area contributed by atoms with Gasteiger partial charge >= 0.3 is 0 Å². The highest BCUT2D eigenvalue weighted by molar-refractivity contribution is 5.30. The number of hydrogen-bond acceptors (Lipinski definition) is 5. The quantitative estimate of drug-likeness (QED) is 0.745. The van der Waals surface area contributed by atoms with E-state index in [-0.39, 0.29) is 0 Å². The summed E-state index contributed by atoms with van der Waals surface area (Å²) in [5, 5.41) is 7.84. The summed E-state index contributed by atoms with van der Waals surface area (Å²) < 4.78 is 12.5. The maximum Gasteiger partial charge on any atom is 0.216 e. The summed E-state index contributed by atoms with van der Waals surface area (Å²) in [7, 11) is 3.59. The van der Waals surface area contributed by atoms with Crippen molar-refractivity contribution in [2.75, 3.05) is 46.5 Å². The van der Waals surface area contributed by atoms with E-state index in [0.717, 1.165) is 63.1 Å². The first kappa shape index (κ1) is 14.3. The molecule has 1 aromatic heterocycles. The number of ether oxygens (including phenoxy) is 2. The summed E-state index contributed by atoms with van der Waals surface area (Å²) in [5.74, 6) is 0.844. The molecule has 6 nitrogen and oxygen atoms in total. The summed E-state index contributed by atoms with van der Waals surface area (Å²) in [6.07, 6.45) is 0. The number of nitrogens with one attached hydrogen (secondary N) is 1. The third-order valence-electron chi connectivity index (χ3n) is 3.49. The minimum atomic E-state index is 0.799. The second-order valence-electron chi connectivity index (χ2n) is 4.83. The van der Waals surface area contributed by atoms with Gasteiger partial charge in [0, 0.05) is 39.8 Å². The van der Waals surface area contributed by atoms with E-state index in [1.54, 1.807) is 11.8 Å². The highest BCUT2D eigenvalue weighted by Gasteiger charge is 2.13. The SMILES string of the molecule is COc1c(CNCCN2CCOCC2)c(C)nn1C. The van der Waals surface area contributed by atoms with E-state index in [9.17, 15) is 0 Å². The summed E-state index contributed by atoms with van der Waals surface area (Å²) in [6, 6.07) is 0. The lowest BCUT2D eigenvalue weighted by atomic mass is 10.2. The zero-order valence-electron chi connectivity index (χ0n) is 12.1. The van der Waals surface area contributed by atoms with Gasteiger partial charge in [-0.3, -0.25) is 4.90 Å². The van der Waals surface area contributed by atoms with Gasteiger partial charge in [-0.2, -0.15) is 5.10 Å². The van der Waals surface area contributed by atoms with Gasteiger partial charge in [-0.05, 0) is 6.92 Å². The Balaban J connectivity index is 1.76. The molecule has 2 rings (SSSR count). The summed E-state index contributed by atoms with van der Waals surface area (Å²) in [5.41, 5.74) is 2.17. The van der Waals surface area contributed by atoms with Crippen LogP contribution in [0.25, 0.3) is 0 Å². The van der Waals surface area contributed by atoms with Crippen LogP contribution >= 0.6 is 0 Å². The summed E-state index contributed by atoms with van der Waals surface area (Å²) in [6.45, 7) is 8.64. The molecule has 0 aromatic carbocycles. The van der Waals surface area contributed by atoms with Crippen LogP contribution in [0.5, 0.6) is 5.88 Å². The van der Waals surface area contributed by atoms with Crippen molar-refractivity contribution in [3.63, 3.8) is 0 Å². The second-order valence-corrected chi connectivity index (χ2v) is 4.83. The summed E-state index contributed by atoms with van der Waals surface area (Å²) >= 11 is 0. The van der Waals surface area contributed by atoms with Crippen LogP contribution in [0.4, 0.5) is 0 Å². The van der Waals surface area contributed by atoms with Crippen LogP contribution in [-0.4, -0.2) is 61.2 Å². The molecular weight excluding hydrogens is 244 g/mol. The Labute approximate surface area is 114 Å². The Kier molecular flexibility index (Phi) is 5.18. The molecule has 108 valence electrons. The van der Waals surface area contributed by atoms with Gasteiger partial charge in [0.15, 0.2) is 0 Å². The molecule has 0 saturated carbocycles. The molecule has 0 aliphatic carbocycles. The Morgan fingerprint density at radius 2 is 2.11 bits per heavy atom. The lowest BCUT2D eigenvalue weighted by Gasteiger charge is -2.26. The maximum absolute atomic E-state index is 5.38. The molecule has 0 spiro atoms. The number of aryl methyl sites for hydroxylation is 2. The molecule has 1 aromatic rings. The van der Waals surface area contributed by atoms with E-state index in [1.807, 2.05) is 14.0 Å². The van der Waals surface area contributed by atoms with Crippen LogP contribution in [0.1, 0.15) is 11.3 Å². The van der Waals surface area contributed by atoms with Crippen molar-refractivity contribution < 1.29 is 9.47 Å². The van der Waals surface area contributed by atoms with Gasteiger partial charge in [-0.15, -0.1) is 0 Å². The van der Waals surface area contributed by atoms with Gasteiger partial charge in [0.2, 0.25) is 5.88 Å². The third kappa shape index (κ3) is 3.68. The molecule has 6 heteroatoms. The van der Waals surface area contributed by atoms with Crippen LogP contribution in [0.3, 0.4) is 0 Å². The molecular formula is C13H24N4O2. The smallest absolute Gasteiger partial charge is 0.216 e. The Morgan fingerprint density at radius 1 is 1.37 bits per heavy atom. The number of rotatable bonds is 6. The van der Waals surface area contributed by atoms with E-state index in [2.05, 4.69) is 15.3 Å². The standard InChI is InChI=1S/C13H24N4O2/c1-11-12(13(18-3)16(2)15-11)10-14-4-5-17-6-8-19-9-7-17/h14H,4-10H2,1-3H3. The molecule has 0 atom stereocenters. The molecule has 0 unspecified atom stereocenters. The van der Waals surface area contributed by atoms with E-state index in [4.69, 9.17) is 9.47 Å². The van der Waals surface area contributed by atoms with Crippen LogP contribution in [0.15, 0.2) is 0 Å². The van der Waals surface area contributed by atoms with Crippen LogP contribution in [-0.2, 0) is 18.3 Å². The first-order valence-corrected chi connectivity index (χ1v) is 6.79. The van der Waals surface area contributed by atoms with Crippen molar-refractivity contribution in [3.05, 3.63) is 11.3 Å². The van der Waals surface area contributed by atoms with Gasteiger partial charge in [-0.1, -0.05) is 0 Å². The van der Waals surface area contributed by atoms with E-state index in [0.29, 0.717) is 0 Å². The zero-order valence-corrected chi connectivity index (χ0v) is 12.1. The first-order valence-electron chi connectivity index (χ1n) is 6.79. The lowest BCUT2D eigenvalue weighted by molar-refractivity contribution is 0.0384. The number of aromatic nitrogens is 2. The topological polar surface area (TPSA) is 51.6 Å². The van der Waals surface area contributed by atoms with Gasteiger partial charge < -0.3 is 14.8 Å². The second kappa shape index (κ2) is 6.88. The molecule has 19 heavy (non-hydrogen) atoms. The molecule has 0 amide bonds. The molecule has 0 radical (unpaired) electrons. The average Bonchev–Trinajstić information content (AvgIpc) is 2.70. The Morgan fingerprint density at radius 3 is 2.79 bits per heavy atom. The van der Waals surface area contributed by atoms with Crippen molar-refractivity contribution in [3.8, 4) is 5.88 Å². The largest absolute Gasteiger partial charge is 0.481 e. The highest BCUT2D eigenvalue weighted by atomic mass is 16.5. The minimum absolute atomic E-state index is 0.799. The molecule has 1 saturated heterocycles. The lowest BCUT2D eigenvalue weighted by Crippen LogP contribution is -2.40. The van der Waals surface area contributed by atoms with Crippen LogP contribution < -0.4 is 10.1 Å². The maximum atomic E-state index is 5.38. The predicted octanol–water partition coefficient (Wildman–Crippen LogP) is 0.159. The van der Waals surface area contributed by atoms with Crippen LogP contribution in [0, 0.1) is 6.92 Å².